The van der Waals surface area contributed by atoms with Crippen LogP contribution in [0.15, 0.2) is 47.8 Å². The number of carbonyl (C=O) groups is 2. The molecule has 4 aromatic rings. The summed E-state index contributed by atoms with van der Waals surface area (Å²) in [6.45, 7) is 2.81. The maximum atomic E-state index is 13.7. The van der Waals surface area contributed by atoms with Gasteiger partial charge in [-0.1, -0.05) is 25.3 Å². The van der Waals surface area contributed by atoms with Crippen LogP contribution in [0.5, 0.6) is 5.75 Å². The molecule has 0 bridgehead atoms. The van der Waals surface area contributed by atoms with Crippen molar-refractivity contribution >= 4 is 45.8 Å². The summed E-state index contributed by atoms with van der Waals surface area (Å²) in [7, 11) is 1.68. The van der Waals surface area contributed by atoms with E-state index in [1.165, 1.54) is 36.2 Å². The second kappa shape index (κ2) is 11.1. The molecule has 4 heterocycles. The fourth-order valence-electron chi connectivity index (χ4n) is 6.98. The van der Waals surface area contributed by atoms with Crippen molar-refractivity contribution in [3.63, 3.8) is 0 Å². The van der Waals surface area contributed by atoms with Gasteiger partial charge in [0.05, 0.1) is 36.5 Å². The Morgan fingerprint density at radius 3 is 2.57 bits per heavy atom. The molecule has 8 heteroatoms. The van der Waals surface area contributed by atoms with Gasteiger partial charge >= 0.3 is 5.97 Å². The highest BCUT2D eigenvalue weighted by atomic mass is 32.1. The van der Waals surface area contributed by atoms with E-state index in [9.17, 15) is 14.7 Å². The van der Waals surface area contributed by atoms with Crippen molar-refractivity contribution in [3.8, 4) is 17.0 Å². The number of fused-ring (bicyclic) bond motifs is 5. The first-order valence-electron chi connectivity index (χ1n) is 14.8. The van der Waals surface area contributed by atoms with Crippen LogP contribution in [-0.2, 0) is 11.3 Å². The molecule has 2 fully saturated rings. The summed E-state index contributed by atoms with van der Waals surface area (Å²) in [5.74, 6) is 0.283. The zero-order valence-electron chi connectivity index (χ0n) is 23.7. The number of ether oxygens (including phenoxy) is 2. The molecule has 0 unspecified atom stereocenters. The SMILES string of the molecule is COc1ccc2c(c1)C=C(c1ccsc1C(=O)N1CCOCC1)Cn1c-2c(C2CCCCC2)c2ccc(C(=O)O)cc21. The van der Waals surface area contributed by atoms with Gasteiger partial charge in [-0.15, -0.1) is 11.3 Å². The van der Waals surface area contributed by atoms with Crippen LogP contribution < -0.4 is 4.74 Å². The summed E-state index contributed by atoms with van der Waals surface area (Å²) < 4.78 is 13.4. The number of benzene rings is 2. The molecule has 1 saturated heterocycles. The normalized spacial score (nSPS) is 17.4. The number of thiophene rings is 1. The molecule has 0 atom stereocenters. The molecule has 216 valence electrons. The quantitative estimate of drug-likeness (QED) is 0.270. The first-order valence-corrected chi connectivity index (χ1v) is 15.6. The van der Waals surface area contributed by atoms with Crippen LogP contribution in [0.2, 0.25) is 0 Å². The van der Waals surface area contributed by atoms with Gasteiger partial charge in [0.2, 0.25) is 0 Å². The van der Waals surface area contributed by atoms with E-state index in [1.54, 1.807) is 13.2 Å². The van der Waals surface area contributed by atoms with E-state index in [-0.39, 0.29) is 11.5 Å². The zero-order chi connectivity index (χ0) is 28.8. The molecule has 7 nitrogen and oxygen atoms in total. The number of carboxylic acids is 1. The predicted octanol–water partition coefficient (Wildman–Crippen LogP) is 7.15. The Hall–Kier alpha value is -3.88. The molecule has 7 rings (SSSR count). The number of nitrogens with zero attached hydrogens (tertiary/aromatic N) is 2. The monoisotopic (exact) mass is 582 g/mol. The molecule has 1 aliphatic carbocycles. The Morgan fingerprint density at radius 2 is 1.81 bits per heavy atom. The maximum absolute atomic E-state index is 13.7. The molecule has 0 radical (unpaired) electrons. The fraction of sp³-hybridized carbons (Fsp3) is 0.353. The molecule has 1 saturated carbocycles. The highest BCUT2D eigenvalue weighted by molar-refractivity contribution is 7.12. The van der Waals surface area contributed by atoms with Crippen molar-refractivity contribution in [3.05, 3.63) is 75.0 Å². The van der Waals surface area contributed by atoms with Gasteiger partial charge in [-0.2, -0.15) is 0 Å². The molecule has 42 heavy (non-hydrogen) atoms. The van der Waals surface area contributed by atoms with Crippen molar-refractivity contribution in [2.75, 3.05) is 33.4 Å². The van der Waals surface area contributed by atoms with E-state index in [0.717, 1.165) is 62.3 Å². The van der Waals surface area contributed by atoms with Gasteiger partial charge in [-0.05, 0) is 83.3 Å². The van der Waals surface area contributed by atoms with Crippen LogP contribution in [0, 0.1) is 0 Å². The third-order valence-corrected chi connectivity index (χ3v) is 9.94. The first-order chi connectivity index (χ1) is 20.5. The third-order valence-electron chi connectivity index (χ3n) is 9.04. The van der Waals surface area contributed by atoms with Crippen molar-refractivity contribution in [1.82, 2.24) is 9.47 Å². The molecular weight excluding hydrogens is 548 g/mol. The number of hydrogen-bond donors (Lipinski definition) is 1. The summed E-state index contributed by atoms with van der Waals surface area (Å²) in [5.41, 5.74) is 7.77. The number of hydrogen-bond acceptors (Lipinski definition) is 5. The predicted molar refractivity (Wildman–Crippen MR) is 166 cm³/mol. The lowest BCUT2D eigenvalue weighted by molar-refractivity contribution is 0.0306. The summed E-state index contributed by atoms with van der Waals surface area (Å²) in [6, 6.07) is 13.8. The lowest BCUT2D eigenvalue weighted by Gasteiger charge is -2.27. The van der Waals surface area contributed by atoms with Gasteiger partial charge < -0.3 is 24.0 Å². The van der Waals surface area contributed by atoms with Crippen LogP contribution in [0.1, 0.15) is 74.7 Å². The molecule has 0 spiro atoms. The zero-order valence-corrected chi connectivity index (χ0v) is 24.5. The third kappa shape index (κ3) is 4.63. The minimum Gasteiger partial charge on any atom is -0.497 e. The summed E-state index contributed by atoms with van der Waals surface area (Å²) in [4.78, 5) is 28.4. The Bertz CT molecular complexity index is 1720. The van der Waals surface area contributed by atoms with Crippen LogP contribution in [0.4, 0.5) is 0 Å². The number of carboxylic acid groups (broad SMARTS) is 1. The van der Waals surface area contributed by atoms with E-state index in [2.05, 4.69) is 22.8 Å². The van der Waals surface area contributed by atoms with E-state index in [1.807, 2.05) is 34.5 Å². The molecule has 2 aliphatic heterocycles. The van der Waals surface area contributed by atoms with Gasteiger partial charge in [0.1, 0.15) is 5.75 Å². The minimum absolute atomic E-state index is 0.0351. The van der Waals surface area contributed by atoms with Gasteiger partial charge in [-0.25, -0.2) is 4.79 Å². The average molecular weight is 583 g/mol. The first kappa shape index (κ1) is 27.0. The number of amides is 1. The largest absolute Gasteiger partial charge is 0.497 e. The summed E-state index contributed by atoms with van der Waals surface area (Å²) in [5, 5.41) is 13.0. The van der Waals surface area contributed by atoms with E-state index >= 15 is 0 Å². The van der Waals surface area contributed by atoms with Crippen LogP contribution in [0.3, 0.4) is 0 Å². The van der Waals surface area contributed by atoms with E-state index < -0.39 is 5.97 Å². The topological polar surface area (TPSA) is 81.0 Å². The second-order valence-corrected chi connectivity index (χ2v) is 12.3. The molecule has 3 aliphatic rings. The Labute approximate surface area is 249 Å². The lowest BCUT2D eigenvalue weighted by atomic mass is 9.81. The number of allylic oxidation sites excluding steroid dienone is 1. The smallest absolute Gasteiger partial charge is 0.335 e. The lowest BCUT2D eigenvalue weighted by Crippen LogP contribution is -2.40. The highest BCUT2D eigenvalue weighted by Crippen LogP contribution is 2.48. The van der Waals surface area contributed by atoms with E-state index in [0.29, 0.717) is 38.8 Å². The van der Waals surface area contributed by atoms with Crippen LogP contribution in [-0.4, -0.2) is 59.9 Å². The van der Waals surface area contributed by atoms with Gasteiger partial charge in [0, 0.05) is 41.7 Å². The van der Waals surface area contributed by atoms with Crippen LogP contribution in [0.25, 0.3) is 33.8 Å². The standard InChI is InChI=1S/C34H34N2O5S/c1-40-25-8-10-26-23(18-25)17-24(27-11-16-42-32(27)33(37)35-12-14-41-15-13-35)20-36-29-19-22(34(38)39)7-9-28(29)30(31(26)36)21-5-3-2-4-6-21/h7-11,16-19,21H,2-6,12-15,20H2,1H3,(H,38,39). The van der Waals surface area contributed by atoms with Crippen molar-refractivity contribution in [1.29, 1.82) is 0 Å². The number of rotatable bonds is 5. The number of methoxy groups -OCH3 is 1. The Kier molecular flexibility index (Phi) is 7.12. The van der Waals surface area contributed by atoms with Crippen molar-refractivity contribution in [2.45, 2.75) is 44.6 Å². The molecule has 1 amide bonds. The fourth-order valence-corrected chi connectivity index (χ4v) is 7.87. The maximum Gasteiger partial charge on any atom is 0.335 e. The molecule has 2 aromatic heterocycles. The minimum atomic E-state index is -0.933. The number of aromatic nitrogens is 1. The van der Waals surface area contributed by atoms with Crippen LogP contribution >= 0.6 is 11.3 Å². The molecule has 2 aromatic carbocycles. The average Bonchev–Trinajstić information content (AvgIpc) is 3.60. The van der Waals surface area contributed by atoms with Gasteiger partial charge in [0.15, 0.2) is 0 Å². The Balaban J connectivity index is 1.46. The van der Waals surface area contributed by atoms with E-state index in [4.69, 9.17) is 9.47 Å². The Morgan fingerprint density at radius 1 is 1.00 bits per heavy atom. The number of aromatic carboxylic acids is 1. The van der Waals surface area contributed by atoms with Gasteiger partial charge in [-0.3, -0.25) is 4.79 Å². The summed E-state index contributed by atoms with van der Waals surface area (Å²) in [6.07, 6.45) is 8.10. The second-order valence-electron chi connectivity index (χ2n) is 11.4. The highest BCUT2D eigenvalue weighted by Gasteiger charge is 2.31. The van der Waals surface area contributed by atoms with Gasteiger partial charge in [0.25, 0.3) is 5.91 Å². The number of carbonyl (C=O) groups excluding carboxylic acids is 1. The summed E-state index contributed by atoms with van der Waals surface area (Å²) >= 11 is 1.48. The molecular formula is C34H34N2O5S. The van der Waals surface area contributed by atoms with Crippen molar-refractivity contribution in [2.24, 2.45) is 0 Å². The van der Waals surface area contributed by atoms with Crippen molar-refractivity contribution < 1.29 is 24.2 Å². The number of morpholine rings is 1. The molecule has 1 N–H and O–H groups in total.